The van der Waals surface area contributed by atoms with E-state index >= 15 is 0 Å². The summed E-state index contributed by atoms with van der Waals surface area (Å²) in [7, 11) is 0. The first-order chi connectivity index (χ1) is 27.6. The van der Waals surface area contributed by atoms with E-state index < -0.39 is 6.10 Å². The van der Waals surface area contributed by atoms with Gasteiger partial charge in [0.15, 0.2) is 6.10 Å². The molecule has 0 aliphatic heterocycles. The van der Waals surface area contributed by atoms with Gasteiger partial charge in [0.05, 0.1) is 6.61 Å². The molecule has 1 atom stereocenters. The highest BCUT2D eigenvalue weighted by atomic mass is 16.6. The maximum atomic E-state index is 12.2. The van der Waals surface area contributed by atoms with Gasteiger partial charge in [0.1, 0.15) is 6.61 Å². The van der Waals surface area contributed by atoms with E-state index in [4.69, 9.17) is 9.47 Å². The predicted octanol–water partition coefficient (Wildman–Crippen LogP) is 14.2. The van der Waals surface area contributed by atoms with Gasteiger partial charge in [0, 0.05) is 12.8 Å². The lowest BCUT2D eigenvalue weighted by atomic mass is 10.1. The van der Waals surface area contributed by atoms with E-state index in [0.717, 1.165) is 128 Å². The Morgan fingerprint density at radius 3 is 1.07 bits per heavy atom. The molecule has 1 unspecified atom stereocenters. The van der Waals surface area contributed by atoms with Gasteiger partial charge in [-0.25, -0.2) is 0 Å². The number of rotatable bonds is 37. The number of allylic oxidation sites excluding steroid dienone is 22. The van der Waals surface area contributed by atoms with Crippen molar-refractivity contribution < 1.29 is 24.2 Å². The molecule has 0 fully saturated rings. The smallest absolute Gasteiger partial charge is 0.306 e. The van der Waals surface area contributed by atoms with Crippen LogP contribution in [-0.4, -0.2) is 36.4 Å². The van der Waals surface area contributed by atoms with Gasteiger partial charge in [0.25, 0.3) is 0 Å². The summed E-state index contributed by atoms with van der Waals surface area (Å²) >= 11 is 0. The summed E-state index contributed by atoms with van der Waals surface area (Å²) in [5.74, 6) is -0.672. The van der Waals surface area contributed by atoms with Crippen molar-refractivity contribution in [1.29, 1.82) is 0 Å². The van der Waals surface area contributed by atoms with Gasteiger partial charge < -0.3 is 14.6 Å². The summed E-state index contributed by atoms with van der Waals surface area (Å²) in [4.78, 5) is 24.3. The van der Waals surface area contributed by atoms with Crippen LogP contribution in [0.2, 0.25) is 0 Å². The number of unbranched alkanes of at least 4 members (excludes halogenated alkanes) is 7. The van der Waals surface area contributed by atoms with E-state index in [1.54, 1.807) is 0 Å². The molecule has 0 aliphatic rings. The molecule has 0 aromatic rings. The molecule has 56 heavy (non-hydrogen) atoms. The van der Waals surface area contributed by atoms with Crippen LogP contribution in [0.4, 0.5) is 0 Å². The molecule has 0 saturated carbocycles. The SMILES string of the molecule is CC/C=C\C/C=C\C/C=C\C/C=C\C/C=C\C/C=C\C/C=C\CCCCCC(=O)OC(CO)COC(=O)CCCCCC/C=C\C/C=C\C/C=C\C/C=C\CC. The third kappa shape index (κ3) is 42.8. The number of aliphatic hydroxyl groups is 1. The number of esters is 2. The molecule has 0 heterocycles. The molecule has 5 heteroatoms. The van der Waals surface area contributed by atoms with Crippen molar-refractivity contribution in [2.45, 2.75) is 161 Å². The van der Waals surface area contributed by atoms with Crippen molar-refractivity contribution in [2.24, 2.45) is 0 Å². The average Bonchev–Trinajstić information content (AvgIpc) is 3.20. The van der Waals surface area contributed by atoms with E-state index in [9.17, 15) is 14.7 Å². The lowest BCUT2D eigenvalue weighted by Gasteiger charge is -2.15. The van der Waals surface area contributed by atoms with Crippen LogP contribution in [0.25, 0.3) is 0 Å². The standard InChI is InChI=1S/C51H78O5/c1-3-5-7-9-11-13-15-17-19-21-22-23-24-25-26-27-28-30-32-34-36-38-40-42-44-46-51(54)56-49(47-52)48-55-50(53)45-43-41-39-37-35-33-31-29-20-18-16-14-12-10-8-6-4-2/h5-8,11-14,17-20,22-23,25-26,28,30-31,33-34,36,49,52H,3-4,9-10,15-16,21,24,27,29,32,35,37-48H2,1-2H3/b7-5-,8-6-,13-11-,14-12-,19-17-,20-18-,23-22-,26-25-,30-28-,33-31-,36-34-. The van der Waals surface area contributed by atoms with Crippen molar-refractivity contribution in [3.05, 3.63) is 134 Å². The minimum Gasteiger partial charge on any atom is -0.462 e. The van der Waals surface area contributed by atoms with Crippen LogP contribution in [0.3, 0.4) is 0 Å². The third-order valence-corrected chi connectivity index (χ3v) is 8.44. The molecular weight excluding hydrogens is 693 g/mol. The van der Waals surface area contributed by atoms with Crippen molar-refractivity contribution >= 4 is 11.9 Å². The summed E-state index contributed by atoms with van der Waals surface area (Å²) in [5.41, 5.74) is 0. The molecule has 312 valence electrons. The Labute approximate surface area is 343 Å². The normalized spacial score (nSPS) is 13.6. The monoisotopic (exact) mass is 771 g/mol. The van der Waals surface area contributed by atoms with E-state index in [2.05, 4.69) is 148 Å². The number of carbonyl (C=O) groups excluding carboxylic acids is 2. The van der Waals surface area contributed by atoms with Crippen LogP contribution in [0.5, 0.6) is 0 Å². The van der Waals surface area contributed by atoms with Crippen LogP contribution in [0.1, 0.15) is 155 Å². The first-order valence-corrected chi connectivity index (χ1v) is 21.7. The minimum atomic E-state index is -0.811. The Morgan fingerprint density at radius 2 is 0.714 bits per heavy atom. The van der Waals surface area contributed by atoms with Crippen molar-refractivity contribution in [2.75, 3.05) is 13.2 Å². The molecule has 0 rings (SSSR count). The second kappa shape index (κ2) is 45.4. The molecule has 0 aromatic carbocycles. The quantitative estimate of drug-likeness (QED) is 0.0387. The highest BCUT2D eigenvalue weighted by Gasteiger charge is 2.16. The Bertz CT molecular complexity index is 1240. The van der Waals surface area contributed by atoms with Crippen LogP contribution < -0.4 is 0 Å². The Hall–Kier alpha value is -3.96. The van der Waals surface area contributed by atoms with Gasteiger partial charge in [-0.3, -0.25) is 9.59 Å². The van der Waals surface area contributed by atoms with Gasteiger partial charge in [-0.15, -0.1) is 0 Å². The number of ether oxygens (including phenoxy) is 2. The molecular formula is C51H78O5. The number of carbonyl (C=O) groups is 2. The molecule has 0 aromatic heterocycles. The topological polar surface area (TPSA) is 72.8 Å². The third-order valence-electron chi connectivity index (χ3n) is 8.44. The molecule has 0 spiro atoms. The molecule has 5 nitrogen and oxygen atoms in total. The summed E-state index contributed by atoms with van der Waals surface area (Å²) < 4.78 is 10.6. The van der Waals surface area contributed by atoms with Crippen molar-refractivity contribution in [1.82, 2.24) is 0 Å². The van der Waals surface area contributed by atoms with E-state index in [-0.39, 0.29) is 25.2 Å². The van der Waals surface area contributed by atoms with E-state index in [1.165, 1.54) is 0 Å². The van der Waals surface area contributed by atoms with E-state index in [1.807, 2.05) is 0 Å². The van der Waals surface area contributed by atoms with Crippen molar-refractivity contribution in [3.63, 3.8) is 0 Å². The minimum absolute atomic E-state index is 0.103. The maximum absolute atomic E-state index is 12.2. The van der Waals surface area contributed by atoms with Crippen LogP contribution >= 0.6 is 0 Å². The molecule has 0 aliphatic carbocycles. The Kier molecular flexibility index (Phi) is 42.2. The Balaban J connectivity index is 3.73. The fourth-order valence-electron chi connectivity index (χ4n) is 5.23. The highest BCUT2D eigenvalue weighted by Crippen LogP contribution is 2.10. The molecule has 1 N–H and O–H groups in total. The van der Waals surface area contributed by atoms with Gasteiger partial charge in [0.2, 0.25) is 0 Å². The maximum Gasteiger partial charge on any atom is 0.306 e. The molecule has 0 radical (unpaired) electrons. The summed E-state index contributed by atoms with van der Waals surface area (Å²) in [6.45, 7) is 3.84. The first-order valence-electron chi connectivity index (χ1n) is 21.7. The number of aliphatic hydroxyl groups excluding tert-OH is 1. The predicted molar refractivity (Wildman–Crippen MR) is 241 cm³/mol. The number of hydrogen-bond donors (Lipinski definition) is 1. The van der Waals surface area contributed by atoms with Crippen LogP contribution in [0.15, 0.2) is 134 Å². The zero-order valence-corrected chi connectivity index (χ0v) is 35.3. The number of hydrogen-bond acceptors (Lipinski definition) is 5. The molecule has 0 bridgehead atoms. The van der Waals surface area contributed by atoms with Crippen LogP contribution in [-0.2, 0) is 19.1 Å². The van der Waals surface area contributed by atoms with Gasteiger partial charge >= 0.3 is 11.9 Å². The first kappa shape index (κ1) is 52.0. The summed E-state index contributed by atoms with van der Waals surface area (Å²) in [5, 5.41) is 9.58. The van der Waals surface area contributed by atoms with Crippen LogP contribution in [0, 0.1) is 0 Å². The second-order valence-corrected chi connectivity index (χ2v) is 13.7. The van der Waals surface area contributed by atoms with E-state index in [0.29, 0.717) is 12.8 Å². The summed E-state index contributed by atoms with van der Waals surface area (Å²) in [6.07, 6.45) is 68.0. The van der Waals surface area contributed by atoms with Gasteiger partial charge in [-0.2, -0.15) is 0 Å². The largest absolute Gasteiger partial charge is 0.462 e. The van der Waals surface area contributed by atoms with Gasteiger partial charge in [-0.05, 0) is 109 Å². The fraction of sp³-hybridized carbons (Fsp3) is 0.529. The second-order valence-electron chi connectivity index (χ2n) is 13.7. The van der Waals surface area contributed by atoms with Gasteiger partial charge in [-0.1, -0.05) is 167 Å². The van der Waals surface area contributed by atoms with Crippen molar-refractivity contribution in [3.8, 4) is 0 Å². The molecule has 0 amide bonds. The zero-order chi connectivity index (χ0) is 40.7. The fourth-order valence-corrected chi connectivity index (χ4v) is 5.23. The highest BCUT2D eigenvalue weighted by molar-refractivity contribution is 5.70. The average molecular weight is 771 g/mol. The molecule has 0 saturated heterocycles. The lowest BCUT2D eigenvalue weighted by molar-refractivity contribution is -0.161. The lowest BCUT2D eigenvalue weighted by Crippen LogP contribution is -2.28. The zero-order valence-electron chi connectivity index (χ0n) is 35.3. The summed E-state index contributed by atoms with van der Waals surface area (Å²) in [6, 6.07) is 0. The Morgan fingerprint density at radius 1 is 0.411 bits per heavy atom.